The molecule has 0 amide bonds. The van der Waals surface area contributed by atoms with Gasteiger partial charge in [0.1, 0.15) is 17.5 Å². The summed E-state index contributed by atoms with van der Waals surface area (Å²) in [6.45, 7) is 3.91. The maximum atomic E-state index is 5.89. The summed E-state index contributed by atoms with van der Waals surface area (Å²) in [4.78, 5) is 11.7. The second-order valence-electron chi connectivity index (χ2n) is 5.63. The zero-order valence-corrected chi connectivity index (χ0v) is 12.4. The van der Waals surface area contributed by atoms with Crippen molar-refractivity contribution in [1.29, 1.82) is 0 Å². The van der Waals surface area contributed by atoms with E-state index in [0.717, 1.165) is 43.5 Å². The van der Waals surface area contributed by atoms with Gasteiger partial charge in [-0.1, -0.05) is 6.92 Å². The molecule has 1 saturated carbocycles. The van der Waals surface area contributed by atoms with Crippen molar-refractivity contribution >= 4 is 11.6 Å². The Bertz CT molecular complexity index is 465. The largest absolute Gasteiger partial charge is 0.374 e. The van der Waals surface area contributed by atoms with Crippen molar-refractivity contribution in [2.75, 3.05) is 30.4 Å². The number of anilines is 2. The van der Waals surface area contributed by atoms with Gasteiger partial charge in [-0.15, -0.1) is 0 Å². The van der Waals surface area contributed by atoms with E-state index in [9.17, 15) is 0 Å². The van der Waals surface area contributed by atoms with E-state index in [1.165, 1.54) is 19.3 Å². The summed E-state index contributed by atoms with van der Waals surface area (Å²) in [5.74, 6) is 2.92. The third-order valence-corrected chi connectivity index (χ3v) is 4.27. The zero-order valence-electron chi connectivity index (χ0n) is 12.4. The lowest BCUT2D eigenvalue weighted by molar-refractivity contribution is 0.0253. The van der Waals surface area contributed by atoms with E-state index < -0.39 is 0 Å². The van der Waals surface area contributed by atoms with Crippen LogP contribution in [-0.2, 0) is 11.2 Å². The number of hydrogen-bond donors (Lipinski definition) is 1. The van der Waals surface area contributed by atoms with Crippen molar-refractivity contribution in [3.8, 4) is 0 Å². The van der Waals surface area contributed by atoms with Crippen LogP contribution < -0.4 is 10.2 Å². The molecule has 1 aliphatic heterocycles. The number of rotatable bonds is 4. The van der Waals surface area contributed by atoms with Crippen LogP contribution in [-0.4, -0.2) is 42.3 Å². The zero-order chi connectivity index (χ0) is 13.9. The van der Waals surface area contributed by atoms with Crippen molar-refractivity contribution in [3.63, 3.8) is 0 Å². The molecule has 1 aliphatic carbocycles. The minimum atomic E-state index is 0.395. The molecule has 2 heterocycles. The predicted molar refractivity (Wildman–Crippen MR) is 80.3 cm³/mol. The predicted octanol–water partition coefficient (Wildman–Crippen LogP) is 2.23. The maximum Gasteiger partial charge on any atom is 0.134 e. The van der Waals surface area contributed by atoms with E-state index in [0.29, 0.717) is 12.1 Å². The Morgan fingerprint density at radius 3 is 3.10 bits per heavy atom. The van der Waals surface area contributed by atoms with Crippen molar-refractivity contribution in [3.05, 3.63) is 11.9 Å². The third-order valence-electron chi connectivity index (χ3n) is 4.27. The number of nitrogens with zero attached hydrogens (tertiary/aromatic N) is 3. The fourth-order valence-electron chi connectivity index (χ4n) is 3.30. The summed E-state index contributed by atoms with van der Waals surface area (Å²) < 4.78 is 5.89. The van der Waals surface area contributed by atoms with Crippen LogP contribution in [0.5, 0.6) is 0 Å². The van der Waals surface area contributed by atoms with Crippen LogP contribution in [0.1, 0.15) is 38.4 Å². The first-order chi connectivity index (χ1) is 9.81. The second kappa shape index (κ2) is 5.95. The van der Waals surface area contributed by atoms with Gasteiger partial charge in [-0.2, -0.15) is 0 Å². The van der Waals surface area contributed by atoms with Crippen LogP contribution in [0.15, 0.2) is 6.07 Å². The normalized spacial score (nSPS) is 25.6. The SMILES string of the molecule is CCCc1nc(NC)cc(N2CCOC3CCCC32)n1. The van der Waals surface area contributed by atoms with E-state index in [-0.39, 0.29) is 0 Å². The Hall–Kier alpha value is -1.36. The monoisotopic (exact) mass is 276 g/mol. The van der Waals surface area contributed by atoms with E-state index in [4.69, 9.17) is 9.72 Å². The quantitative estimate of drug-likeness (QED) is 0.914. The van der Waals surface area contributed by atoms with Crippen molar-refractivity contribution < 1.29 is 4.74 Å². The molecule has 0 spiro atoms. The van der Waals surface area contributed by atoms with E-state index >= 15 is 0 Å². The van der Waals surface area contributed by atoms with Gasteiger partial charge in [0.15, 0.2) is 0 Å². The number of aromatic nitrogens is 2. The summed E-state index contributed by atoms with van der Waals surface area (Å²) in [6.07, 6.45) is 6.06. The standard InChI is InChI=1S/C15H24N4O/c1-3-5-13-17-14(16-2)10-15(18-13)19-8-9-20-12-7-4-6-11(12)19/h10-12H,3-9H2,1-2H3,(H,16,17,18). The summed E-state index contributed by atoms with van der Waals surface area (Å²) in [5.41, 5.74) is 0. The molecule has 3 rings (SSSR count). The molecule has 2 unspecified atom stereocenters. The summed E-state index contributed by atoms with van der Waals surface area (Å²) in [6, 6.07) is 2.57. The summed E-state index contributed by atoms with van der Waals surface area (Å²) >= 11 is 0. The van der Waals surface area contributed by atoms with Crippen LogP contribution in [0.3, 0.4) is 0 Å². The third kappa shape index (κ3) is 2.59. The van der Waals surface area contributed by atoms with Crippen molar-refractivity contribution in [1.82, 2.24) is 9.97 Å². The Balaban J connectivity index is 1.89. The number of aryl methyl sites for hydroxylation is 1. The lowest BCUT2D eigenvalue weighted by atomic mass is 10.1. The first-order valence-electron chi connectivity index (χ1n) is 7.75. The highest BCUT2D eigenvalue weighted by Gasteiger charge is 2.36. The first kappa shape index (κ1) is 13.6. The molecule has 110 valence electrons. The van der Waals surface area contributed by atoms with Gasteiger partial charge in [0.2, 0.25) is 0 Å². The molecule has 2 aliphatic rings. The van der Waals surface area contributed by atoms with Crippen molar-refractivity contribution in [2.45, 2.75) is 51.2 Å². The van der Waals surface area contributed by atoms with E-state index in [2.05, 4.69) is 28.2 Å². The highest BCUT2D eigenvalue weighted by molar-refractivity contribution is 5.50. The number of fused-ring (bicyclic) bond motifs is 1. The topological polar surface area (TPSA) is 50.3 Å². The average Bonchev–Trinajstić information content (AvgIpc) is 2.95. The van der Waals surface area contributed by atoms with Crippen molar-refractivity contribution in [2.24, 2.45) is 0 Å². The molecular weight excluding hydrogens is 252 g/mol. The van der Waals surface area contributed by atoms with Crippen LogP contribution in [0.4, 0.5) is 11.6 Å². The van der Waals surface area contributed by atoms with Crippen LogP contribution in [0.2, 0.25) is 0 Å². The molecule has 1 N–H and O–H groups in total. The maximum absolute atomic E-state index is 5.89. The van der Waals surface area contributed by atoms with Gasteiger partial charge in [-0.3, -0.25) is 0 Å². The number of hydrogen-bond acceptors (Lipinski definition) is 5. The molecule has 2 fully saturated rings. The molecule has 5 nitrogen and oxygen atoms in total. The molecule has 20 heavy (non-hydrogen) atoms. The fraction of sp³-hybridized carbons (Fsp3) is 0.733. The number of ether oxygens (including phenoxy) is 1. The van der Waals surface area contributed by atoms with E-state index in [1.807, 2.05) is 7.05 Å². The molecule has 0 radical (unpaired) electrons. The highest BCUT2D eigenvalue weighted by atomic mass is 16.5. The molecule has 1 aromatic rings. The van der Waals surface area contributed by atoms with Crippen LogP contribution >= 0.6 is 0 Å². The van der Waals surface area contributed by atoms with E-state index in [1.54, 1.807) is 0 Å². The molecular formula is C15H24N4O. The Morgan fingerprint density at radius 2 is 2.30 bits per heavy atom. The minimum absolute atomic E-state index is 0.395. The molecule has 0 bridgehead atoms. The Kier molecular flexibility index (Phi) is 4.05. The lowest BCUT2D eigenvalue weighted by Gasteiger charge is -2.38. The molecule has 5 heteroatoms. The Labute approximate surface area is 120 Å². The lowest BCUT2D eigenvalue weighted by Crippen LogP contribution is -2.49. The number of morpholine rings is 1. The second-order valence-corrected chi connectivity index (χ2v) is 5.63. The van der Waals surface area contributed by atoms with Gasteiger partial charge >= 0.3 is 0 Å². The molecule has 1 saturated heterocycles. The number of nitrogens with one attached hydrogen (secondary N) is 1. The Morgan fingerprint density at radius 1 is 1.40 bits per heavy atom. The van der Waals surface area contributed by atoms with Gasteiger partial charge in [-0.25, -0.2) is 9.97 Å². The molecule has 1 aromatic heterocycles. The summed E-state index contributed by atoms with van der Waals surface area (Å²) in [5, 5.41) is 3.16. The molecule has 0 aromatic carbocycles. The molecule has 2 atom stereocenters. The first-order valence-corrected chi connectivity index (χ1v) is 7.75. The van der Waals surface area contributed by atoms with Gasteiger partial charge in [0.05, 0.1) is 18.8 Å². The summed E-state index contributed by atoms with van der Waals surface area (Å²) in [7, 11) is 1.92. The van der Waals surface area contributed by atoms with Gasteiger partial charge in [0, 0.05) is 26.1 Å². The highest BCUT2D eigenvalue weighted by Crippen LogP contribution is 2.32. The van der Waals surface area contributed by atoms with Crippen LogP contribution in [0.25, 0.3) is 0 Å². The van der Waals surface area contributed by atoms with Gasteiger partial charge < -0.3 is 15.0 Å². The smallest absolute Gasteiger partial charge is 0.134 e. The van der Waals surface area contributed by atoms with Gasteiger partial charge in [-0.05, 0) is 25.7 Å². The average molecular weight is 276 g/mol. The fourth-order valence-corrected chi connectivity index (χ4v) is 3.30. The van der Waals surface area contributed by atoms with Crippen LogP contribution in [0, 0.1) is 0 Å². The van der Waals surface area contributed by atoms with Gasteiger partial charge in [0.25, 0.3) is 0 Å². The minimum Gasteiger partial charge on any atom is -0.374 e.